The summed E-state index contributed by atoms with van der Waals surface area (Å²) in [6.07, 6.45) is 2.86. The van der Waals surface area contributed by atoms with Gasteiger partial charge in [-0.25, -0.2) is 0 Å². The molecule has 7 nitrogen and oxygen atoms in total. The maximum Gasteiger partial charge on any atom is 0.271 e. The minimum Gasteiger partial charge on any atom is -0.381 e. The zero-order valence-electron chi connectivity index (χ0n) is 13.1. The van der Waals surface area contributed by atoms with Gasteiger partial charge in [-0.2, -0.15) is 5.10 Å². The lowest BCUT2D eigenvalue weighted by molar-refractivity contribution is 0.0694. The van der Waals surface area contributed by atoms with E-state index >= 15 is 0 Å². The number of hydrogen-bond acceptors (Lipinski definition) is 4. The number of nitrogens with one attached hydrogen (secondary N) is 3. The molecule has 3 N–H and O–H groups in total. The summed E-state index contributed by atoms with van der Waals surface area (Å²) in [4.78, 5) is 24.9. The Kier molecular flexibility index (Phi) is 5.57. The van der Waals surface area contributed by atoms with E-state index in [9.17, 15) is 9.59 Å². The number of anilines is 1. The Hall–Kier alpha value is -2.09. The number of aromatic amines is 1. The second kappa shape index (κ2) is 7.86. The molecule has 132 valence electrons. The Morgan fingerprint density at radius 1 is 1.16 bits per heavy atom. The fourth-order valence-electron chi connectivity index (χ4n) is 2.55. The highest BCUT2D eigenvalue weighted by atomic mass is 35.5. The molecular formula is C16H16Cl2N4O3. The summed E-state index contributed by atoms with van der Waals surface area (Å²) in [7, 11) is 0. The van der Waals surface area contributed by atoms with Crippen LogP contribution in [-0.4, -0.2) is 41.3 Å². The number of nitrogens with zero attached hydrogens (tertiary/aromatic N) is 1. The lowest BCUT2D eigenvalue weighted by Crippen LogP contribution is -2.39. The summed E-state index contributed by atoms with van der Waals surface area (Å²) < 4.78 is 5.27. The molecule has 1 aromatic heterocycles. The van der Waals surface area contributed by atoms with Crippen molar-refractivity contribution in [2.24, 2.45) is 0 Å². The first-order valence-corrected chi connectivity index (χ1v) is 8.49. The Balaban J connectivity index is 1.73. The van der Waals surface area contributed by atoms with Gasteiger partial charge in [-0.1, -0.05) is 29.3 Å². The van der Waals surface area contributed by atoms with E-state index in [4.69, 9.17) is 27.9 Å². The van der Waals surface area contributed by atoms with Crippen molar-refractivity contribution in [1.29, 1.82) is 0 Å². The van der Waals surface area contributed by atoms with Crippen molar-refractivity contribution in [2.75, 3.05) is 18.5 Å². The normalized spacial score (nSPS) is 15.0. The fourth-order valence-corrected chi connectivity index (χ4v) is 3.12. The molecule has 0 bridgehead atoms. The molecule has 0 saturated carbocycles. The monoisotopic (exact) mass is 382 g/mol. The van der Waals surface area contributed by atoms with Crippen molar-refractivity contribution in [3.05, 3.63) is 45.7 Å². The highest BCUT2D eigenvalue weighted by Crippen LogP contribution is 2.25. The van der Waals surface area contributed by atoms with E-state index < -0.39 is 5.91 Å². The number of halogens is 2. The number of ether oxygens (including phenoxy) is 1. The van der Waals surface area contributed by atoms with E-state index in [0.29, 0.717) is 13.2 Å². The maximum atomic E-state index is 12.4. The van der Waals surface area contributed by atoms with Gasteiger partial charge >= 0.3 is 0 Å². The highest BCUT2D eigenvalue weighted by molar-refractivity contribution is 6.40. The largest absolute Gasteiger partial charge is 0.381 e. The predicted octanol–water partition coefficient (Wildman–Crippen LogP) is 2.88. The van der Waals surface area contributed by atoms with Crippen molar-refractivity contribution in [2.45, 2.75) is 18.9 Å². The SMILES string of the molecule is O=C(NC1CCOCC1)c1[nH]ncc1NC(=O)c1c(Cl)cccc1Cl. The maximum absolute atomic E-state index is 12.4. The third-order valence-corrected chi connectivity index (χ3v) is 4.49. The van der Waals surface area contributed by atoms with Gasteiger partial charge in [-0.05, 0) is 25.0 Å². The first kappa shape index (κ1) is 17.7. The second-order valence-corrected chi connectivity index (χ2v) is 6.38. The summed E-state index contributed by atoms with van der Waals surface area (Å²) >= 11 is 12.1. The van der Waals surface area contributed by atoms with Crippen LogP contribution in [0.4, 0.5) is 5.69 Å². The van der Waals surface area contributed by atoms with Crippen LogP contribution in [0.1, 0.15) is 33.7 Å². The minimum absolute atomic E-state index is 0.0334. The number of benzene rings is 1. The summed E-state index contributed by atoms with van der Waals surface area (Å²) in [5.41, 5.74) is 0.566. The summed E-state index contributed by atoms with van der Waals surface area (Å²) in [5, 5.41) is 12.4. The molecule has 3 rings (SSSR count). The number of hydrogen-bond donors (Lipinski definition) is 3. The van der Waals surface area contributed by atoms with E-state index in [2.05, 4.69) is 20.8 Å². The topological polar surface area (TPSA) is 96.1 Å². The molecule has 2 amide bonds. The van der Waals surface area contributed by atoms with Crippen LogP contribution in [0.2, 0.25) is 10.0 Å². The molecule has 0 aliphatic carbocycles. The number of carbonyl (C=O) groups is 2. The third-order valence-electron chi connectivity index (χ3n) is 3.86. The molecule has 1 fully saturated rings. The average molecular weight is 383 g/mol. The summed E-state index contributed by atoms with van der Waals surface area (Å²) in [6.45, 7) is 1.23. The lowest BCUT2D eigenvalue weighted by Gasteiger charge is -2.22. The quantitative estimate of drug-likeness (QED) is 0.757. The zero-order chi connectivity index (χ0) is 17.8. The van der Waals surface area contributed by atoms with Gasteiger partial charge in [0.25, 0.3) is 11.8 Å². The Bertz CT molecular complexity index is 767. The molecular weight excluding hydrogens is 367 g/mol. The molecule has 1 aromatic carbocycles. The van der Waals surface area contributed by atoms with Gasteiger partial charge in [0.15, 0.2) is 0 Å². The van der Waals surface area contributed by atoms with Crippen molar-refractivity contribution in [1.82, 2.24) is 15.5 Å². The molecule has 2 heterocycles. The first-order valence-electron chi connectivity index (χ1n) is 7.73. The van der Waals surface area contributed by atoms with E-state index in [1.165, 1.54) is 6.20 Å². The first-order chi connectivity index (χ1) is 12.1. The molecule has 1 aliphatic rings. The van der Waals surface area contributed by atoms with Crippen molar-refractivity contribution < 1.29 is 14.3 Å². The van der Waals surface area contributed by atoms with Crippen molar-refractivity contribution in [3.8, 4) is 0 Å². The Morgan fingerprint density at radius 2 is 1.84 bits per heavy atom. The molecule has 1 saturated heterocycles. The van der Waals surface area contributed by atoms with Crippen LogP contribution in [0, 0.1) is 0 Å². The van der Waals surface area contributed by atoms with Crippen LogP contribution in [0.25, 0.3) is 0 Å². The van der Waals surface area contributed by atoms with Gasteiger partial charge in [-0.3, -0.25) is 14.7 Å². The predicted molar refractivity (Wildman–Crippen MR) is 94.3 cm³/mol. The fraction of sp³-hybridized carbons (Fsp3) is 0.312. The Labute approximate surface area is 154 Å². The number of aromatic nitrogens is 2. The summed E-state index contributed by atoms with van der Waals surface area (Å²) in [5.74, 6) is -0.859. The van der Waals surface area contributed by atoms with E-state index in [1.54, 1.807) is 18.2 Å². The van der Waals surface area contributed by atoms with Gasteiger partial charge in [0.05, 0.1) is 27.5 Å². The number of H-pyrrole nitrogens is 1. The van der Waals surface area contributed by atoms with Crippen molar-refractivity contribution >= 4 is 40.7 Å². The molecule has 0 spiro atoms. The third kappa shape index (κ3) is 4.12. The van der Waals surface area contributed by atoms with Crippen LogP contribution in [0.5, 0.6) is 0 Å². The number of rotatable bonds is 4. The highest BCUT2D eigenvalue weighted by Gasteiger charge is 2.22. The lowest BCUT2D eigenvalue weighted by atomic mass is 10.1. The number of carbonyl (C=O) groups excluding carboxylic acids is 2. The molecule has 0 atom stereocenters. The van der Waals surface area contributed by atoms with Crippen LogP contribution in [0.15, 0.2) is 24.4 Å². The van der Waals surface area contributed by atoms with E-state index in [0.717, 1.165) is 12.8 Å². The van der Waals surface area contributed by atoms with Crippen LogP contribution in [-0.2, 0) is 4.74 Å². The van der Waals surface area contributed by atoms with E-state index in [1.807, 2.05) is 0 Å². The zero-order valence-corrected chi connectivity index (χ0v) is 14.7. The molecule has 1 aliphatic heterocycles. The Morgan fingerprint density at radius 3 is 2.52 bits per heavy atom. The van der Waals surface area contributed by atoms with Crippen molar-refractivity contribution in [3.63, 3.8) is 0 Å². The molecule has 0 radical (unpaired) electrons. The van der Waals surface area contributed by atoms with E-state index in [-0.39, 0.29) is 38.9 Å². The molecule has 2 aromatic rings. The molecule has 0 unspecified atom stereocenters. The second-order valence-electron chi connectivity index (χ2n) is 5.57. The molecule has 25 heavy (non-hydrogen) atoms. The minimum atomic E-state index is -0.517. The van der Waals surface area contributed by atoms with Crippen LogP contribution in [0.3, 0.4) is 0 Å². The van der Waals surface area contributed by atoms with Gasteiger partial charge in [-0.15, -0.1) is 0 Å². The van der Waals surface area contributed by atoms with Gasteiger partial charge < -0.3 is 15.4 Å². The standard InChI is InChI=1S/C16H16Cl2N4O3/c17-10-2-1-3-11(18)13(10)15(23)21-12-8-19-22-14(12)16(24)20-9-4-6-25-7-5-9/h1-3,8-9H,4-7H2,(H,19,22)(H,20,24)(H,21,23). The average Bonchev–Trinajstić information content (AvgIpc) is 3.04. The summed E-state index contributed by atoms with van der Waals surface area (Å²) in [6, 6.07) is 4.81. The number of amides is 2. The van der Waals surface area contributed by atoms with Crippen LogP contribution < -0.4 is 10.6 Å². The van der Waals surface area contributed by atoms with Crippen LogP contribution >= 0.6 is 23.2 Å². The van der Waals surface area contributed by atoms with Gasteiger partial charge in [0.2, 0.25) is 0 Å². The smallest absolute Gasteiger partial charge is 0.271 e. The van der Waals surface area contributed by atoms with Gasteiger partial charge in [0, 0.05) is 19.3 Å². The molecule has 9 heteroatoms. The van der Waals surface area contributed by atoms with Gasteiger partial charge in [0.1, 0.15) is 5.69 Å².